The summed E-state index contributed by atoms with van der Waals surface area (Å²) in [5.41, 5.74) is 0. The molecule has 0 bridgehead atoms. The molecule has 2 N–H and O–H groups in total. The van der Waals surface area contributed by atoms with E-state index in [1.807, 2.05) is 0 Å². The molecule has 0 aromatic carbocycles. The Balaban J connectivity index is 2.32. The van der Waals surface area contributed by atoms with Crippen molar-refractivity contribution in [3.05, 3.63) is 0 Å². The van der Waals surface area contributed by atoms with Gasteiger partial charge >= 0.3 is 0 Å². The van der Waals surface area contributed by atoms with Crippen LogP contribution in [-0.2, 0) is 4.79 Å². The first kappa shape index (κ1) is 14.5. The average molecular weight is 240 g/mol. The summed E-state index contributed by atoms with van der Waals surface area (Å²) < 4.78 is 0. The molecule has 0 aromatic rings. The number of carbonyl (C=O) groups excluding carboxylic acids is 1. The van der Waals surface area contributed by atoms with Crippen LogP contribution in [0.2, 0.25) is 0 Å². The Labute approximate surface area is 106 Å². The predicted octanol–water partition coefficient (Wildman–Crippen LogP) is 2.17. The summed E-state index contributed by atoms with van der Waals surface area (Å²) in [6.07, 6.45) is 3.29. The fourth-order valence-corrected chi connectivity index (χ4v) is 2.55. The van der Waals surface area contributed by atoms with Gasteiger partial charge in [0.05, 0.1) is 5.92 Å². The third kappa shape index (κ3) is 5.07. The third-order valence-corrected chi connectivity index (χ3v) is 3.78. The molecule has 3 heteroatoms. The van der Waals surface area contributed by atoms with Crippen LogP contribution >= 0.6 is 0 Å². The number of piperidine rings is 1. The second kappa shape index (κ2) is 7.00. The highest BCUT2D eigenvalue weighted by atomic mass is 16.1. The van der Waals surface area contributed by atoms with Crippen LogP contribution in [0.4, 0.5) is 0 Å². The van der Waals surface area contributed by atoms with E-state index in [2.05, 4.69) is 38.3 Å². The van der Waals surface area contributed by atoms with E-state index in [9.17, 15) is 4.79 Å². The van der Waals surface area contributed by atoms with E-state index in [1.54, 1.807) is 0 Å². The van der Waals surface area contributed by atoms with E-state index in [0.29, 0.717) is 17.9 Å². The molecule has 1 aliphatic heterocycles. The standard InChI is InChI=1S/C14H28N2O/c1-5-10(2)6-12(4)16-14(17)13-7-11(3)8-15-9-13/h10-13,15H,5-9H2,1-4H3,(H,16,17). The zero-order valence-electron chi connectivity index (χ0n) is 11.8. The molecule has 1 aliphatic rings. The lowest BCUT2D eigenvalue weighted by atomic mass is 9.90. The molecule has 0 saturated carbocycles. The van der Waals surface area contributed by atoms with Gasteiger partial charge in [-0.05, 0) is 38.1 Å². The maximum Gasteiger partial charge on any atom is 0.224 e. The van der Waals surface area contributed by atoms with E-state index in [1.165, 1.54) is 6.42 Å². The van der Waals surface area contributed by atoms with E-state index in [4.69, 9.17) is 0 Å². The Bertz CT molecular complexity index is 242. The molecular weight excluding hydrogens is 212 g/mol. The van der Waals surface area contributed by atoms with Crippen molar-refractivity contribution in [1.29, 1.82) is 0 Å². The zero-order valence-corrected chi connectivity index (χ0v) is 11.8. The van der Waals surface area contributed by atoms with Gasteiger partial charge in [-0.15, -0.1) is 0 Å². The fraction of sp³-hybridized carbons (Fsp3) is 0.929. The van der Waals surface area contributed by atoms with Gasteiger partial charge in [-0.25, -0.2) is 0 Å². The number of rotatable bonds is 5. The van der Waals surface area contributed by atoms with E-state index < -0.39 is 0 Å². The molecule has 1 rings (SSSR count). The van der Waals surface area contributed by atoms with Gasteiger partial charge in [0.15, 0.2) is 0 Å². The van der Waals surface area contributed by atoms with Crippen molar-refractivity contribution in [1.82, 2.24) is 10.6 Å². The van der Waals surface area contributed by atoms with Crippen molar-refractivity contribution in [3.8, 4) is 0 Å². The van der Waals surface area contributed by atoms with Gasteiger partial charge in [0.2, 0.25) is 5.91 Å². The van der Waals surface area contributed by atoms with E-state index in [-0.39, 0.29) is 11.8 Å². The van der Waals surface area contributed by atoms with Crippen molar-refractivity contribution >= 4 is 5.91 Å². The quantitative estimate of drug-likeness (QED) is 0.773. The van der Waals surface area contributed by atoms with Crippen LogP contribution in [0, 0.1) is 17.8 Å². The van der Waals surface area contributed by atoms with Crippen LogP contribution in [0.3, 0.4) is 0 Å². The molecule has 1 heterocycles. The Kier molecular flexibility index (Phi) is 5.96. The fourth-order valence-electron chi connectivity index (χ4n) is 2.55. The first-order valence-electron chi connectivity index (χ1n) is 7.04. The lowest BCUT2D eigenvalue weighted by Crippen LogP contribution is -2.46. The highest BCUT2D eigenvalue weighted by molar-refractivity contribution is 5.79. The average Bonchev–Trinajstić information content (AvgIpc) is 2.28. The van der Waals surface area contributed by atoms with Crippen LogP contribution in [-0.4, -0.2) is 25.0 Å². The molecule has 0 spiro atoms. The highest BCUT2D eigenvalue weighted by Crippen LogP contribution is 2.16. The van der Waals surface area contributed by atoms with Gasteiger partial charge in [0.25, 0.3) is 0 Å². The Morgan fingerprint density at radius 1 is 1.41 bits per heavy atom. The first-order chi connectivity index (χ1) is 8.02. The summed E-state index contributed by atoms with van der Waals surface area (Å²) in [5, 5.41) is 6.49. The molecule has 3 nitrogen and oxygen atoms in total. The number of carbonyl (C=O) groups is 1. The summed E-state index contributed by atoms with van der Waals surface area (Å²) in [7, 11) is 0. The minimum absolute atomic E-state index is 0.165. The third-order valence-electron chi connectivity index (χ3n) is 3.78. The van der Waals surface area contributed by atoms with E-state index >= 15 is 0 Å². The van der Waals surface area contributed by atoms with E-state index in [0.717, 1.165) is 25.9 Å². The predicted molar refractivity (Wildman–Crippen MR) is 71.8 cm³/mol. The molecule has 1 fully saturated rings. The molecular formula is C14H28N2O. The topological polar surface area (TPSA) is 41.1 Å². The second-order valence-corrected chi connectivity index (χ2v) is 5.85. The largest absolute Gasteiger partial charge is 0.353 e. The van der Waals surface area contributed by atoms with Crippen molar-refractivity contribution in [3.63, 3.8) is 0 Å². The van der Waals surface area contributed by atoms with Crippen molar-refractivity contribution in [2.45, 2.75) is 53.0 Å². The molecule has 0 aliphatic carbocycles. The van der Waals surface area contributed by atoms with Gasteiger partial charge < -0.3 is 10.6 Å². The van der Waals surface area contributed by atoms with Crippen molar-refractivity contribution in [2.24, 2.45) is 17.8 Å². The number of hydrogen-bond donors (Lipinski definition) is 2. The summed E-state index contributed by atoms with van der Waals surface area (Å²) in [4.78, 5) is 12.1. The van der Waals surface area contributed by atoms with Crippen LogP contribution in [0.1, 0.15) is 47.0 Å². The van der Waals surface area contributed by atoms with Crippen LogP contribution in [0.25, 0.3) is 0 Å². The number of amides is 1. The Hall–Kier alpha value is -0.570. The van der Waals surface area contributed by atoms with Crippen molar-refractivity contribution < 1.29 is 4.79 Å². The summed E-state index contributed by atoms with van der Waals surface area (Å²) >= 11 is 0. The minimum Gasteiger partial charge on any atom is -0.353 e. The summed E-state index contributed by atoms with van der Waals surface area (Å²) in [5.74, 6) is 1.70. The summed E-state index contributed by atoms with van der Waals surface area (Å²) in [6.45, 7) is 10.6. The molecule has 4 atom stereocenters. The van der Waals surface area contributed by atoms with Gasteiger partial charge in [-0.2, -0.15) is 0 Å². The molecule has 1 saturated heterocycles. The minimum atomic E-state index is 0.165. The van der Waals surface area contributed by atoms with Crippen molar-refractivity contribution in [2.75, 3.05) is 13.1 Å². The molecule has 100 valence electrons. The normalized spacial score (nSPS) is 28.5. The molecule has 0 radical (unpaired) electrons. The van der Waals surface area contributed by atoms with Crippen LogP contribution in [0.5, 0.6) is 0 Å². The van der Waals surface area contributed by atoms with Gasteiger partial charge in [-0.3, -0.25) is 4.79 Å². The molecule has 4 unspecified atom stereocenters. The first-order valence-corrected chi connectivity index (χ1v) is 7.04. The lowest BCUT2D eigenvalue weighted by Gasteiger charge is -2.28. The highest BCUT2D eigenvalue weighted by Gasteiger charge is 2.25. The molecule has 0 aromatic heterocycles. The second-order valence-electron chi connectivity index (χ2n) is 5.85. The molecule has 1 amide bonds. The lowest BCUT2D eigenvalue weighted by molar-refractivity contribution is -0.126. The van der Waals surface area contributed by atoms with Gasteiger partial charge in [-0.1, -0.05) is 27.2 Å². The van der Waals surface area contributed by atoms with Gasteiger partial charge in [0.1, 0.15) is 0 Å². The van der Waals surface area contributed by atoms with Crippen LogP contribution in [0.15, 0.2) is 0 Å². The maximum absolute atomic E-state index is 12.1. The van der Waals surface area contributed by atoms with Gasteiger partial charge in [0, 0.05) is 12.6 Å². The Morgan fingerprint density at radius 2 is 2.12 bits per heavy atom. The zero-order chi connectivity index (χ0) is 12.8. The summed E-state index contributed by atoms with van der Waals surface area (Å²) in [6, 6.07) is 0.301. The molecule has 17 heavy (non-hydrogen) atoms. The number of nitrogens with one attached hydrogen (secondary N) is 2. The SMILES string of the molecule is CCC(C)CC(C)NC(=O)C1CNCC(C)C1. The Morgan fingerprint density at radius 3 is 2.71 bits per heavy atom. The monoisotopic (exact) mass is 240 g/mol. The smallest absolute Gasteiger partial charge is 0.224 e. The van der Waals surface area contributed by atoms with Crippen LogP contribution < -0.4 is 10.6 Å². The maximum atomic E-state index is 12.1. The number of hydrogen-bond acceptors (Lipinski definition) is 2.